The predicted molar refractivity (Wildman–Crippen MR) is 150 cm³/mol. The molecule has 38 heavy (non-hydrogen) atoms. The molecule has 5 N–H and O–H groups in total. The maximum absolute atomic E-state index is 14.0. The number of benzene rings is 2. The number of thioether (sulfide) groups is 1. The number of nitrogens with one attached hydrogen (secondary N) is 1. The van der Waals surface area contributed by atoms with E-state index >= 15 is 0 Å². The molecule has 9 heteroatoms. The van der Waals surface area contributed by atoms with Crippen molar-refractivity contribution in [2.45, 2.75) is 76.4 Å². The Hall–Kier alpha value is -2.88. The van der Waals surface area contributed by atoms with Crippen molar-refractivity contribution in [3.63, 3.8) is 0 Å². The Bertz CT molecular complexity index is 1180. The van der Waals surface area contributed by atoms with Gasteiger partial charge in [0.15, 0.2) is 5.78 Å². The first-order valence-corrected chi connectivity index (χ1v) is 13.8. The van der Waals surface area contributed by atoms with Crippen LogP contribution in [-0.2, 0) is 16.0 Å². The summed E-state index contributed by atoms with van der Waals surface area (Å²) in [5.41, 5.74) is 7.26. The fraction of sp³-hybridized carbons (Fsp3) is 0.483. The highest BCUT2D eigenvalue weighted by molar-refractivity contribution is 8.00. The molecule has 4 atom stereocenters. The highest BCUT2D eigenvalue weighted by Crippen LogP contribution is 2.41. The first-order chi connectivity index (χ1) is 17.7. The lowest BCUT2D eigenvalue weighted by atomic mass is 9.81. The summed E-state index contributed by atoms with van der Waals surface area (Å²) in [7, 11) is 0. The van der Waals surface area contributed by atoms with E-state index in [0.717, 1.165) is 0 Å². The predicted octanol–water partition coefficient (Wildman–Crippen LogP) is 3.41. The minimum absolute atomic E-state index is 0.0391. The van der Waals surface area contributed by atoms with Gasteiger partial charge in [-0.05, 0) is 52.7 Å². The Balaban J connectivity index is 2.04. The summed E-state index contributed by atoms with van der Waals surface area (Å²) in [6.07, 6.45) is -1.44. The van der Waals surface area contributed by atoms with Crippen molar-refractivity contribution in [2.24, 2.45) is 11.7 Å². The van der Waals surface area contributed by atoms with Gasteiger partial charge in [0.1, 0.15) is 17.9 Å². The molecule has 0 radical (unpaired) electrons. The fourth-order valence-electron chi connectivity index (χ4n) is 4.92. The van der Waals surface area contributed by atoms with E-state index in [4.69, 9.17) is 5.73 Å². The number of nitrogens with two attached hydrogens (primary N) is 1. The maximum atomic E-state index is 14.0. The summed E-state index contributed by atoms with van der Waals surface area (Å²) in [5, 5.41) is 24.9. The van der Waals surface area contributed by atoms with E-state index in [1.54, 1.807) is 42.5 Å². The van der Waals surface area contributed by atoms with Gasteiger partial charge in [0.2, 0.25) is 5.91 Å². The molecule has 1 heterocycles. The number of Topliss-reactive ketones (excluding diaryl/α,β-unsaturated/α-hetero) is 1. The number of carbonyl (C=O) groups is 3. The number of carbonyl (C=O) groups excluding carboxylic acids is 3. The van der Waals surface area contributed by atoms with Crippen LogP contribution in [0.2, 0.25) is 0 Å². The number of hydrogen-bond acceptors (Lipinski definition) is 7. The molecule has 1 fully saturated rings. The van der Waals surface area contributed by atoms with Crippen LogP contribution in [0.15, 0.2) is 48.5 Å². The van der Waals surface area contributed by atoms with E-state index in [2.05, 4.69) is 5.32 Å². The minimum atomic E-state index is -1.82. The van der Waals surface area contributed by atoms with E-state index in [-0.39, 0.29) is 23.1 Å². The molecule has 2 aromatic carbocycles. The number of amides is 2. The van der Waals surface area contributed by atoms with Crippen LogP contribution in [0.5, 0.6) is 5.75 Å². The molecule has 1 saturated heterocycles. The van der Waals surface area contributed by atoms with Crippen molar-refractivity contribution < 1.29 is 24.6 Å². The molecule has 1 aliphatic heterocycles. The number of rotatable bonds is 8. The standard InChI is InChI=1S/C29H39N3O5S/c1-7-18-19(14-11-15-20(18)33)23(34)21(22(30)17-12-9-8-10-13-17)24(35)27(37)32-16-38-29(5,6)25(32)26(36)31-28(2,3)4/h8-15,21-22,24-25,33,35H,7,16,30H2,1-6H3,(H,31,36)/t21-,22?,24+,25-/m1/s1. The van der Waals surface area contributed by atoms with Gasteiger partial charge in [0.05, 0.1) is 11.8 Å². The zero-order chi connectivity index (χ0) is 28.4. The molecule has 1 aliphatic rings. The lowest BCUT2D eigenvalue weighted by molar-refractivity contribution is -0.148. The molecule has 1 unspecified atom stereocenters. The number of nitrogens with zero attached hydrogens (tertiary/aromatic N) is 1. The van der Waals surface area contributed by atoms with Gasteiger partial charge in [-0.25, -0.2) is 0 Å². The van der Waals surface area contributed by atoms with Gasteiger partial charge >= 0.3 is 0 Å². The molecule has 206 valence electrons. The number of phenolic OH excluding ortho intramolecular Hbond substituents is 1. The van der Waals surface area contributed by atoms with Crippen molar-refractivity contribution >= 4 is 29.4 Å². The molecule has 0 spiro atoms. The molecule has 8 nitrogen and oxygen atoms in total. The SMILES string of the molecule is CCc1c(O)cccc1C(=O)[C@@H](C(N)c1ccccc1)[C@H](O)C(=O)N1CSC(C)(C)[C@H]1C(=O)NC(C)(C)C. The average molecular weight is 542 g/mol. The quantitative estimate of drug-likeness (QED) is 0.377. The Kier molecular flexibility index (Phi) is 8.96. The largest absolute Gasteiger partial charge is 0.508 e. The Labute approximate surface area is 229 Å². The van der Waals surface area contributed by atoms with Crippen LogP contribution in [0.3, 0.4) is 0 Å². The number of aromatic hydroxyl groups is 1. The normalized spacial score (nSPS) is 19.5. The second-order valence-electron chi connectivity index (χ2n) is 11.3. The maximum Gasteiger partial charge on any atom is 0.253 e. The third-order valence-corrected chi connectivity index (χ3v) is 8.19. The number of hydrogen-bond donors (Lipinski definition) is 4. The first kappa shape index (κ1) is 29.7. The van der Waals surface area contributed by atoms with Crippen molar-refractivity contribution in [1.82, 2.24) is 10.2 Å². The van der Waals surface area contributed by atoms with Crippen molar-refractivity contribution in [1.29, 1.82) is 0 Å². The van der Waals surface area contributed by atoms with Crippen LogP contribution < -0.4 is 11.1 Å². The summed E-state index contributed by atoms with van der Waals surface area (Å²) < 4.78 is -0.619. The Morgan fingerprint density at radius 1 is 1.13 bits per heavy atom. The fourth-order valence-corrected chi connectivity index (χ4v) is 6.06. The highest BCUT2D eigenvalue weighted by atomic mass is 32.2. The van der Waals surface area contributed by atoms with Gasteiger partial charge in [-0.1, -0.05) is 49.4 Å². The summed E-state index contributed by atoms with van der Waals surface area (Å²) in [4.78, 5) is 42.5. The molecule has 3 rings (SSSR count). The molecule has 2 aromatic rings. The van der Waals surface area contributed by atoms with Crippen LogP contribution in [0, 0.1) is 5.92 Å². The van der Waals surface area contributed by atoms with E-state index < -0.39 is 46.1 Å². The van der Waals surface area contributed by atoms with Crippen LogP contribution in [-0.4, -0.2) is 61.0 Å². The third-order valence-electron chi connectivity index (χ3n) is 6.81. The van der Waals surface area contributed by atoms with Gasteiger partial charge in [0, 0.05) is 27.5 Å². The Morgan fingerprint density at radius 2 is 1.76 bits per heavy atom. The molecule has 0 saturated carbocycles. The highest BCUT2D eigenvalue weighted by Gasteiger charge is 2.51. The molecular formula is C29H39N3O5S. The average Bonchev–Trinajstić information content (AvgIpc) is 3.17. The molecule has 0 aromatic heterocycles. The third kappa shape index (κ3) is 6.22. The van der Waals surface area contributed by atoms with Crippen molar-refractivity contribution in [3.05, 3.63) is 65.2 Å². The van der Waals surface area contributed by atoms with Crippen LogP contribution in [0.1, 0.15) is 69.1 Å². The van der Waals surface area contributed by atoms with E-state index in [1.165, 1.54) is 22.7 Å². The van der Waals surface area contributed by atoms with Crippen molar-refractivity contribution in [2.75, 3.05) is 5.88 Å². The summed E-state index contributed by atoms with van der Waals surface area (Å²) in [6.45, 7) is 11.1. The monoisotopic (exact) mass is 541 g/mol. The van der Waals surface area contributed by atoms with Crippen LogP contribution >= 0.6 is 11.8 Å². The van der Waals surface area contributed by atoms with Gasteiger partial charge in [-0.2, -0.15) is 0 Å². The second kappa shape index (κ2) is 11.5. The van der Waals surface area contributed by atoms with Gasteiger partial charge in [-0.15, -0.1) is 11.8 Å². The van der Waals surface area contributed by atoms with Gasteiger partial charge < -0.3 is 26.2 Å². The minimum Gasteiger partial charge on any atom is -0.508 e. The van der Waals surface area contributed by atoms with E-state index in [9.17, 15) is 24.6 Å². The zero-order valence-electron chi connectivity index (χ0n) is 22.9. The first-order valence-electron chi connectivity index (χ1n) is 12.8. The van der Waals surface area contributed by atoms with Gasteiger partial charge in [-0.3, -0.25) is 14.4 Å². The smallest absolute Gasteiger partial charge is 0.253 e. The number of phenols is 1. The summed E-state index contributed by atoms with van der Waals surface area (Å²) in [5.74, 6) is -2.82. The lowest BCUT2D eigenvalue weighted by Crippen LogP contribution is -2.59. The van der Waals surface area contributed by atoms with E-state index in [1.807, 2.05) is 41.5 Å². The number of aliphatic hydroxyl groups is 1. The van der Waals surface area contributed by atoms with Crippen LogP contribution in [0.4, 0.5) is 0 Å². The van der Waals surface area contributed by atoms with Crippen molar-refractivity contribution in [3.8, 4) is 5.75 Å². The van der Waals surface area contributed by atoms with Gasteiger partial charge in [0.25, 0.3) is 5.91 Å². The summed E-state index contributed by atoms with van der Waals surface area (Å²) in [6, 6.07) is 11.5. The Morgan fingerprint density at radius 3 is 2.34 bits per heavy atom. The molecular weight excluding hydrogens is 502 g/mol. The van der Waals surface area contributed by atoms with E-state index in [0.29, 0.717) is 17.5 Å². The zero-order valence-corrected chi connectivity index (χ0v) is 23.7. The number of ketones is 1. The second-order valence-corrected chi connectivity index (χ2v) is 12.9. The molecule has 0 bridgehead atoms. The topological polar surface area (TPSA) is 133 Å². The number of aliphatic hydroxyl groups excluding tert-OH is 1. The lowest BCUT2D eigenvalue weighted by Gasteiger charge is -2.35. The molecule has 2 amide bonds. The molecule has 0 aliphatic carbocycles. The summed E-state index contributed by atoms with van der Waals surface area (Å²) >= 11 is 1.43. The van der Waals surface area contributed by atoms with Crippen LogP contribution in [0.25, 0.3) is 0 Å².